The van der Waals surface area contributed by atoms with E-state index in [0.29, 0.717) is 17.3 Å². The first-order valence-corrected chi connectivity index (χ1v) is 8.28. The van der Waals surface area contributed by atoms with Gasteiger partial charge in [-0.2, -0.15) is 0 Å². The van der Waals surface area contributed by atoms with Gasteiger partial charge in [0, 0.05) is 19.3 Å². The second-order valence-corrected chi connectivity index (χ2v) is 7.27. The number of nitrogens with one attached hydrogen (secondary N) is 1. The second kappa shape index (κ2) is 5.38. The summed E-state index contributed by atoms with van der Waals surface area (Å²) < 4.78 is 23.2. The molecule has 1 aliphatic rings. The van der Waals surface area contributed by atoms with Crippen LogP contribution in [0.4, 0.5) is 11.4 Å². The standard InChI is InChI=1S/C13H21N3O2S/c1-16-7-6-10(9-16)8-15-11-4-3-5-12(13(11)14)19(2,17)18/h3-5,10,15H,6-9,14H2,1-2H3. The lowest BCUT2D eigenvalue weighted by Gasteiger charge is -2.15. The van der Waals surface area contributed by atoms with Crippen LogP contribution < -0.4 is 11.1 Å². The number of nitrogens with zero attached hydrogens (tertiary/aromatic N) is 1. The van der Waals surface area contributed by atoms with E-state index in [0.717, 1.165) is 26.1 Å². The average molecular weight is 283 g/mol. The summed E-state index contributed by atoms with van der Waals surface area (Å²) in [5.74, 6) is 0.589. The Morgan fingerprint density at radius 3 is 2.79 bits per heavy atom. The normalized spacial score (nSPS) is 20.6. The minimum atomic E-state index is -3.28. The van der Waals surface area contributed by atoms with Crippen molar-refractivity contribution >= 4 is 21.2 Å². The van der Waals surface area contributed by atoms with Gasteiger partial charge in [-0.15, -0.1) is 0 Å². The van der Waals surface area contributed by atoms with Crippen LogP contribution in [0.1, 0.15) is 6.42 Å². The highest BCUT2D eigenvalue weighted by atomic mass is 32.2. The van der Waals surface area contributed by atoms with Gasteiger partial charge in [0.25, 0.3) is 0 Å². The highest BCUT2D eigenvalue weighted by Gasteiger charge is 2.20. The summed E-state index contributed by atoms with van der Waals surface area (Å²) in [5, 5.41) is 3.27. The van der Waals surface area contributed by atoms with Gasteiger partial charge in [-0.1, -0.05) is 6.07 Å². The maximum Gasteiger partial charge on any atom is 0.177 e. The van der Waals surface area contributed by atoms with Gasteiger partial charge < -0.3 is 16.0 Å². The van der Waals surface area contributed by atoms with Gasteiger partial charge in [0.15, 0.2) is 9.84 Å². The number of benzene rings is 1. The molecule has 5 nitrogen and oxygen atoms in total. The molecule has 1 aromatic rings. The molecule has 1 aromatic carbocycles. The van der Waals surface area contributed by atoms with Crippen molar-refractivity contribution in [3.8, 4) is 0 Å². The SMILES string of the molecule is CN1CCC(CNc2cccc(S(C)(=O)=O)c2N)C1. The van der Waals surface area contributed by atoms with Crippen molar-refractivity contribution in [3.63, 3.8) is 0 Å². The van der Waals surface area contributed by atoms with Gasteiger partial charge >= 0.3 is 0 Å². The molecule has 6 heteroatoms. The van der Waals surface area contributed by atoms with Crippen molar-refractivity contribution in [2.24, 2.45) is 5.92 Å². The van der Waals surface area contributed by atoms with E-state index in [1.807, 2.05) is 6.07 Å². The van der Waals surface area contributed by atoms with Crippen LogP contribution in [0.3, 0.4) is 0 Å². The quantitative estimate of drug-likeness (QED) is 0.807. The van der Waals surface area contributed by atoms with Crippen LogP contribution in [-0.4, -0.2) is 46.3 Å². The van der Waals surface area contributed by atoms with Crippen molar-refractivity contribution in [2.45, 2.75) is 11.3 Å². The van der Waals surface area contributed by atoms with Crippen LogP contribution in [0.15, 0.2) is 23.1 Å². The highest BCUT2D eigenvalue weighted by molar-refractivity contribution is 7.90. The van der Waals surface area contributed by atoms with E-state index >= 15 is 0 Å². The molecule has 0 saturated carbocycles. The van der Waals surface area contributed by atoms with Crippen molar-refractivity contribution in [2.75, 3.05) is 44.0 Å². The first-order chi connectivity index (χ1) is 8.88. The second-order valence-electron chi connectivity index (χ2n) is 5.29. The van der Waals surface area contributed by atoms with Crippen molar-refractivity contribution < 1.29 is 8.42 Å². The predicted octanol–water partition coefficient (Wildman–Crippen LogP) is 1.04. The molecule has 0 amide bonds. The third-order valence-corrected chi connectivity index (χ3v) is 4.69. The third kappa shape index (κ3) is 3.39. The Labute approximate surface area is 114 Å². The fraction of sp³-hybridized carbons (Fsp3) is 0.538. The molecule has 0 aromatic heterocycles. The lowest BCUT2D eigenvalue weighted by Crippen LogP contribution is -2.19. The molecule has 106 valence electrons. The van der Waals surface area contributed by atoms with E-state index in [1.54, 1.807) is 12.1 Å². The Morgan fingerprint density at radius 1 is 1.47 bits per heavy atom. The predicted molar refractivity (Wildman–Crippen MR) is 78.1 cm³/mol. The smallest absolute Gasteiger partial charge is 0.177 e. The summed E-state index contributed by atoms with van der Waals surface area (Å²) in [6.45, 7) is 3.01. The zero-order valence-electron chi connectivity index (χ0n) is 11.4. The number of para-hydroxylation sites is 1. The lowest BCUT2D eigenvalue weighted by molar-refractivity contribution is 0.399. The van der Waals surface area contributed by atoms with Crippen LogP contribution in [-0.2, 0) is 9.84 Å². The Morgan fingerprint density at radius 2 is 2.21 bits per heavy atom. The number of nitrogen functional groups attached to an aromatic ring is 1. The molecular formula is C13H21N3O2S. The van der Waals surface area contributed by atoms with Crippen LogP contribution in [0.25, 0.3) is 0 Å². The summed E-state index contributed by atoms with van der Waals surface area (Å²) in [4.78, 5) is 2.49. The molecule has 0 spiro atoms. The van der Waals surface area contributed by atoms with Crippen LogP contribution >= 0.6 is 0 Å². The maximum absolute atomic E-state index is 11.6. The third-order valence-electron chi connectivity index (χ3n) is 3.54. The van der Waals surface area contributed by atoms with E-state index < -0.39 is 9.84 Å². The van der Waals surface area contributed by atoms with Gasteiger partial charge in [0.05, 0.1) is 16.3 Å². The largest absolute Gasteiger partial charge is 0.396 e. The van der Waals surface area contributed by atoms with Crippen molar-refractivity contribution in [3.05, 3.63) is 18.2 Å². The molecule has 1 saturated heterocycles. The average Bonchev–Trinajstić information content (AvgIpc) is 2.72. The number of sulfone groups is 1. The maximum atomic E-state index is 11.6. The first-order valence-electron chi connectivity index (χ1n) is 6.39. The lowest BCUT2D eigenvalue weighted by atomic mass is 10.1. The zero-order chi connectivity index (χ0) is 14.0. The van der Waals surface area contributed by atoms with E-state index in [1.165, 1.54) is 6.26 Å². The monoisotopic (exact) mass is 283 g/mol. The van der Waals surface area contributed by atoms with E-state index in [2.05, 4.69) is 17.3 Å². The molecule has 1 atom stereocenters. The molecule has 0 radical (unpaired) electrons. The molecule has 1 fully saturated rings. The van der Waals surface area contributed by atoms with Crippen LogP contribution in [0.2, 0.25) is 0 Å². The summed E-state index contributed by atoms with van der Waals surface area (Å²) in [7, 11) is -1.17. The Kier molecular flexibility index (Phi) is 4.01. The summed E-state index contributed by atoms with van der Waals surface area (Å²) >= 11 is 0. The van der Waals surface area contributed by atoms with Crippen LogP contribution in [0.5, 0.6) is 0 Å². The summed E-state index contributed by atoms with van der Waals surface area (Å²) in [5.41, 5.74) is 6.95. The van der Waals surface area contributed by atoms with Crippen LogP contribution in [0, 0.1) is 5.92 Å². The molecule has 2 rings (SSSR count). The molecule has 1 unspecified atom stereocenters. The highest BCUT2D eigenvalue weighted by Crippen LogP contribution is 2.27. The molecule has 1 heterocycles. The van der Waals surface area contributed by atoms with Gasteiger partial charge in [0.2, 0.25) is 0 Å². The Balaban J connectivity index is 2.09. The number of anilines is 2. The summed E-state index contributed by atoms with van der Waals surface area (Å²) in [6, 6.07) is 5.08. The number of nitrogens with two attached hydrogens (primary N) is 1. The molecule has 19 heavy (non-hydrogen) atoms. The van der Waals surface area contributed by atoms with E-state index in [4.69, 9.17) is 5.73 Å². The zero-order valence-corrected chi connectivity index (χ0v) is 12.2. The first kappa shape index (κ1) is 14.1. The van der Waals surface area contributed by atoms with Gasteiger partial charge in [0.1, 0.15) is 0 Å². The number of hydrogen-bond acceptors (Lipinski definition) is 5. The molecule has 0 aliphatic carbocycles. The minimum absolute atomic E-state index is 0.195. The number of likely N-dealkylation sites (tertiary alicyclic amines) is 1. The van der Waals surface area contributed by atoms with Crippen molar-refractivity contribution in [1.82, 2.24) is 4.90 Å². The Bertz CT molecular complexity index is 557. The van der Waals surface area contributed by atoms with Gasteiger partial charge in [-0.25, -0.2) is 8.42 Å². The molecule has 0 bridgehead atoms. The Hall–Kier alpha value is -1.27. The topological polar surface area (TPSA) is 75.4 Å². The fourth-order valence-corrected chi connectivity index (χ4v) is 3.30. The number of hydrogen-bond donors (Lipinski definition) is 2. The number of rotatable bonds is 4. The van der Waals surface area contributed by atoms with E-state index in [-0.39, 0.29) is 4.90 Å². The molecule has 1 aliphatic heterocycles. The fourth-order valence-electron chi connectivity index (χ4n) is 2.47. The molecular weight excluding hydrogens is 262 g/mol. The van der Waals surface area contributed by atoms with Gasteiger partial charge in [-0.05, 0) is 38.1 Å². The molecule has 3 N–H and O–H groups in total. The summed E-state index contributed by atoms with van der Waals surface area (Å²) in [6.07, 6.45) is 2.34. The minimum Gasteiger partial charge on any atom is -0.396 e. The van der Waals surface area contributed by atoms with Gasteiger partial charge in [-0.3, -0.25) is 0 Å². The van der Waals surface area contributed by atoms with E-state index in [9.17, 15) is 8.42 Å². The van der Waals surface area contributed by atoms with Crippen molar-refractivity contribution in [1.29, 1.82) is 0 Å².